The molecule has 0 radical (unpaired) electrons. The quantitative estimate of drug-likeness (QED) is 0.654. The van der Waals surface area contributed by atoms with E-state index in [0.717, 1.165) is 12.3 Å². The molecule has 2 N–H and O–H groups in total. The van der Waals surface area contributed by atoms with E-state index in [1.807, 2.05) is 5.32 Å². The minimum Gasteiger partial charge on any atom is -0.335 e. The number of benzene rings is 1. The molecule has 8 nitrogen and oxygen atoms in total. The summed E-state index contributed by atoms with van der Waals surface area (Å²) in [5.74, 6) is -2.48. The molecule has 33 heavy (non-hydrogen) atoms. The van der Waals surface area contributed by atoms with Gasteiger partial charge in [0, 0.05) is 30.3 Å². The van der Waals surface area contributed by atoms with Crippen molar-refractivity contribution in [2.45, 2.75) is 37.6 Å². The smallest absolute Gasteiger partial charge is 0.335 e. The molecule has 4 amide bonds. The first kappa shape index (κ1) is 22.7. The van der Waals surface area contributed by atoms with E-state index in [1.165, 1.54) is 29.2 Å². The summed E-state index contributed by atoms with van der Waals surface area (Å²) in [6, 6.07) is 2.99. The number of piperidine rings is 1. The molecule has 1 aromatic carbocycles. The van der Waals surface area contributed by atoms with Crippen LogP contribution < -0.4 is 10.6 Å². The van der Waals surface area contributed by atoms with Crippen LogP contribution in [0.2, 0.25) is 5.02 Å². The number of imide groups is 1. The van der Waals surface area contributed by atoms with Gasteiger partial charge < -0.3 is 10.2 Å². The Morgan fingerprint density at radius 2 is 1.97 bits per heavy atom. The van der Waals surface area contributed by atoms with Crippen molar-refractivity contribution in [3.63, 3.8) is 0 Å². The van der Waals surface area contributed by atoms with Crippen molar-refractivity contribution in [1.29, 1.82) is 0 Å². The Bertz CT molecular complexity index is 1150. The molecule has 0 unspecified atom stereocenters. The Morgan fingerprint density at radius 1 is 1.21 bits per heavy atom. The van der Waals surface area contributed by atoms with E-state index in [0.29, 0.717) is 5.56 Å². The number of halogens is 4. The summed E-state index contributed by atoms with van der Waals surface area (Å²) in [7, 11) is 0. The average molecular weight is 481 g/mol. The van der Waals surface area contributed by atoms with Crippen LogP contribution in [0, 0.1) is 0 Å². The second-order valence-corrected chi connectivity index (χ2v) is 8.06. The number of hydrogen-bond acceptors (Lipinski definition) is 5. The van der Waals surface area contributed by atoms with Crippen LogP contribution in [0.5, 0.6) is 0 Å². The molecule has 2 aliphatic rings. The molecule has 1 saturated heterocycles. The number of fused-ring (bicyclic) bond motifs is 1. The maximum absolute atomic E-state index is 13.6. The van der Waals surface area contributed by atoms with Crippen LogP contribution in [-0.4, -0.2) is 45.7 Å². The van der Waals surface area contributed by atoms with Gasteiger partial charge in [0.25, 0.3) is 11.8 Å². The van der Waals surface area contributed by atoms with Crippen LogP contribution in [0.1, 0.15) is 50.9 Å². The Morgan fingerprint density at radius 3 is 2.61 bits per heavy atom. The monoisotopic (exact) mass is 480 g/mol. The highest BCUT2D eigenvalue weighted by Gasteiger charge is 2.43. The van der Waals surface area contributed by atoms with Gasteiger partial charge in [-0.25, -0.2) is 0 Å². The fourth-order valence-corrected chi connectivity index (χ4v) is 3.92. The lowest BCUT2D eigenvalue weighted by Crippen LogP contribution is -2.52. The van der Waals surface area contributed by atoms with Gasteiger partial charge in [-0.15, -0.1) is 0 Å². The molecule has 2 atom stereocenters. The first-order chi connectivity index (χ1) is 15.5. The molecular formula is C21H16ClF3N4O4. The molecule has 0 saturated carbocycles. The van der Waals surface area contributed by atoms with E-state index >= 15 is 0 Å². The van der Waals surface area contributed by atoms with Gasteiger partial charge in [-0.2, -0.15) is 13.2 Å². The fraction of sp³-hybridized carbons (Fsp3) is 0.286. The Balaban J connectivity index is 1.54. The number of amides is 4. The van der Waals surface area contributed by atoms with Gasteiger partial charge in [0.05, 0.1) is 10.7 Å². The fourth-order valence-electron chi connectivity index (χ4n) is 3.81. The Kier molecular flexibility index (Phi) is 5.83. The van der Waals surface area contributed by atoms with Crippen molar-refractivity contribution < 1.29 is 32.3 Å². The number of nitrogens with one attached hydrogen (secondary N) is 2. The summed E-state index contributed by atoms with van der Waals surface area (Å²) in [6.45, 7) is -0.0109. The summed E-state index contributed by atoms with van der Waals surface area (Å²) < 4.78 is 40.7. The number of aromatic nitrogens is 1. The van der Waals surface area contributed by atoms with Crippen molar-refractivity contribution in [2.75, 3.05) is 0 Å². The van der Waals surface area contributed by atoms with Gasteiger partial charge in [0.2, 0.25) is 11.8 Å². The summed E-state index contributed by atoms with van der Waals surface area (Å²) in [5, 5.41) is 4.26. The average Bonchev–Trinajstić information content (AvgIpc) is 3.07. The van der Waals surface area contributed by atoms with E-state index in [4.69, 9.17) is 11.6 Å². The molecular weight excluding hydrogens is 465 g/mol. The third-order valence-corrected chi connectivity index (χ3v) is 5.66. The number of nitrogens with zero attached hydrogens (tertiary/aromatic N) is 2. The highest BCUT2D eigenvalue weighted by atomic mass is 35.5. The zero-order valence-corrected chi connectivity index (χ0v) is 17.5. The van der Waals surface area contributed by atoms with Gasteiger partial charge >= 0.3 is 6.18 Å². The number of hydrogen-bond donors (Lipinski definition) is 2. The minimum atomic E-state index is -4.81. The van der Waals surface area contributed by atoms with E-state index in [9.17, 15) is 32.3 Å². The van der Waals surface area contributed by atoms with Crippen molar-refractivity contribution >= 4 is 35.2 Å². The zero-order valence-electron chi connectivity index (χ0n) is 16.8. The maximum Gasteiger partial charge on any atom is 0.414 e. The van der Waals surface area contributed by atoms with Gasteiger partial charge in [-0.05, 0) is 42.3 Å². The zero-order chi connectivity index (χ0) is 23.9. The third kappa shape index (κ3) is 4.54. The third-order valence-electron chi connectivity index (χ3n) is 5.43. The summed E-state index contributed by atoms with van der Waals surface area (Å²) >= 11 is 5.68. The second kappa shape index (κ2) is 8.47. The van der Waals surface area contributed by atoms with Gasteiger partial charge in [0.15, 0.2) is 6.04 Å². The lowest BCUT2D eigenvalue weighted by atomic mass is 10.0. The largest absolute Gasteiger partial charge is 0.414 e. The second-order valence-electron chi connectivity index (χ2n) is 7.62. The van der Waals surface area contributed by atoms with Crippen LogP contribution in [-0.2, 0) is 16.1 Å². The van der Waals surface area contributed by atoms with Gasteiger partial charge in [-0.3, -0.25) is 29.5 Å². The van der Waals surface area contributed by atoms with E-state index in [-0.39, 0.29) is 35.5 Å². The van der Waals surface area contributed by atoms with Crippen molar-refractivity contribution in [1.82, 2.24) is 20.5 Å². The van der Waals surface area contributed by atoms with Gasteiger partial charge in [-0.1, -0.05) is 11.6 Å². The maximum atomic E-state index is 13.6. The standard InChI is InChI=1S/C21H16ClF3N4O4/c22-12-2-4-14(26-8-12)17(21(23,24)25)28-18(31)10-1-3-13-11(7-10)9-29(20(13)33)15-5-6-16(30)27-19(15)32/h1-4,7-8,15,17H,5-6,9H2,(H,28,31)(H,27,30,32)/t15-,17-/m1/s1. The number of carbonyl (C=O) groups excluding carboxylic acids is 4. The number of pyridine rings is 1. The Hall–Kier alpha value is -3.47. The first-order valence-electron chi connectivity index (χ1n) is 9.81. The topological polar surface area (TPSA) is 108 Å². The molecule has 4 rings (SSSR count). The molecule has 12 heteroatoms. The van der Waals surface area contributed by atoms with E-state index < -0.39 is 47.6 Å². The van der Waals surface area contributed by atoms with Crippen LogP contribution >= 0.6 is 11.6 Å². The molecule has 2 aromatic rings. The molecule has 2 aliphatic heterocycles. The highest BCUT2D eigenvalue weighted by molar-refractivity contribution is 6.30. The predicted octanol–water partition coefficient (Wildman–Crippen LogP) is 2.53. The molecule has 1 fully saturated rings. The minimum absolute atomic E-state index is 0.0109. The predicted molar refractivity (Wildman–Crippen MR) is 108 cm³/mol. The first-order valence-corrected chi connectivity index (χ1v) is 10.2. The van der Waals surface area contributed by atoms with Crippen molar-refractivity contribution in [3.8, 4) is 0 Å². The van der Waals surface area contributed by atoms with Crippen LogP contribution in [0.15, 0.2) is 36.5 Å². The highest BCUT2D eigenvalue weighted by Crippen LogP contribution is 2.33. The molecule has 1 aromatic heterocycles. The molecule has 0 aliphatic carbocycles. The van der Waals surface area contributed by atoms with Crippen LogP contribution in [0.4, 0.5) is 13.2 Å². The number of alkyl halides is 3. The van der Waals surface area contributed by atoms with E-state index in [2.05, 4.69) is 10.3 Å². The summed E-state index contributed by atoms with van der Waals surface area (Å²) in [6.07, 6.45) is -3.51. The lowest BCUT2D eigenvalue weighted by Gasteiger charge is -2.29. The SMILES string of the molecule is O=C1CC[C@@H](N2Cc3cc(C(=O)N[C@H](c4ccc(Cl)cn4)C(F)(F)F)ccc3C2=O)C(=O)N1. The van der Waals surface area contributed by atoms with E-state index in [1.54, 1.807) is 0 Å². The normalized spacial score (nSPS) is 19.2. The van der Waals surface area contributed by atoms with Crippen LogP contribution in [0.25, 0.3) is 0 Å². The van der Waals surface area contributed by atoms with Crippen LogP contribution in [0.3, 0.4) is 0 Å². The number of carbonyl (C=O) groups is 4. The molecule has 3 heterocycles. The van der Waals surface area contributed by atoms with Crippen molar-refractivity contribution in [3.05, 3.63) is 63.9 Å². The molecule has 0 bridgehead atoms. The summed E-state index contributed by atoms with van der Waals surface area (Å²) in [4.78, 5) is 53.8. The van der Waals surface area contributed by atoms with Crippen molar-refractivity contribution in [2.24, 2.45) is 0 Å². The Labute approximate surface area is 190 Å². The number of rotatable bonds is 4. The molecule has 172 valence electrons. The summed E-state index contributed by atoms with van der Waals surface area (Å²) in [5.41, 5.74) is 0.115. The lowest BCUT2D eigenvalue weighted by molar-refractivity contribution is -0.156. The molecule has 0 spiro atoms. The van der Waals surface area contributed by atoms with Gasteiger partial charge in [0.1, 0.15) is 6.04 Å².